The molecule has 92 valence electrons. The molecule has 0 saturated carbocycles. The molecule has 1 aromatic carbocycles. The van der Waals surface area contributed by atoms with Crippen molar-refractivity contribution in [1.29, 1.82) is 0 Å². The summed E-state index contributed by atoms with van der Waals surface area (Å²) in [6, 6.07) is 7.85. The lowest BCUT2D eigenvalue weighted by Gasteiger charge is -2.06. The van der Waals surface area contributed by atoms with Gasteiger partial charge in [0.2, 0.25) is 0 Å². The standard InChI is InChI=1S/C13H9ClFNOS/c14-8-4-5-18-13(8)11(16)10-6-7-2-1-3-9(15)12(7)17-10/h1-6,11H,16H2. The van der Waals surface area contributed by atoms with Crippen LogP contribution in [0.4, 0.5) is 4.39 Å². The van der Waals surface area contributed by atoms with Gasteiger partial charge in [-0.15, -0.1) is 11.3 Å². The highest BCUT2D eigenvalue weighted by molar-refractivity contribution is 7.10. The van der Waals surface area contributed by atoms with E-state index in [0.29, 0.717) is 16.2 Å². The lowest BCUT2D eigenvalue weighted by Crippen LogP contribution is -2.09. The summed E-state index contributed by atoms with van der Waals surface area (Å²) in [6.07, 6.45) is 0. The Morgan fingerprint density at radius 1 is 1.33 bits per heavy atom. The Balaban J connectivity index is 2.10. The lowest BCUT2D eigenvalue weighted by molar-refractivity contribution is 0.504. The zero-order chi connectivity index (χ0) is 12.7. The highest BCUT2D eigenvalue weighted by Crippen LogP contribution is 2.34. The van der Waals surface area contributed by atoms with E-state index in [1.807, 2.05) is 5.38 Å². The van der Waals surface area contributed by atoms with Crippen molar-refractivity contribution in [2.45, 2.75) is 6.04 Å². The molecule has 0 bridgehead atoms. The number of nitrogens with two attached hydrogens (primary N) is 1. The second-order valence-corrected chi connectivity index (χ2v) is 5.27. The number of thiophene rings is 1. The molecule has 0 fully saturated rings. The number of halogens is 2. The van der Waals surface area contributed by atoms with Crippen LogP contribution in [-0.4, -0.2) is 0 Å². The molecule has 0 spiro atoms. The molecule has 2 nitrogen and oxygen atoms in total. The number of benzene rings is 1. The van der Waals surface area contributed by atoms with Crippen LogP contribution in [0.2, 0.25) is 5.02 Å². The Bertz CT molecular complexity index is 706. The minimum atomic E-state index is -0.468. The quantitative estimate of drug-likeness (QED) is 0.759. The summed E-state index contributed by atoms with van der Waals surface area (Å²) in [5.41, 5.74) is 6.32. The van der Waals surface area contributed by atoms with Crippen LogP contribution in [0.3, 0.4) is 0 Å². The first-order valence-corrected chi connectivity index (χ1v) is 6.59. The fourth-order valence-electron chi connectivity index (χ4n) is 1.86. The van der Waals surface area contributed by atoms with E-state index in [9.17, 15) is 4.39 Å². The van der Waals surface area contributed by atoms with Gasteiger partial charge >= 0.3 is 0 Å². The zero-order valence-corrected chi connectivity index (χ0v) is 10.8. The van der Waals surface area contributed by atoms with E-state index in [1.165, 1.54) is 17.4 Å². The van der Waals surface area contributed by atoms with Crippen molar-refractivity contribution >= 4 is 33.9 Å². The molecule has 0 saturated heterocycles. The van der Waals surface area contributed by atoms with Crippen molar-refractivity contribution in [3.8, 4) is 0 Å². The number of hydrogen-bond acceptors (Lipinski definition) is 3. The normalized spacial score (nSPS) is 13.1. The molecule has 1 atom stereocenters. The Kier molecular flexibility index (Phi) is 2.86. The topological polar surface area (TPSA) is 39.2 Å². The fraction of sp³-hybridized carbons (Fsp3) is 0.0769. The third-order valence-corrected chi connectivity index (χ3v) is 4.19. The third kappa shape index (κ3) is 1.82. The molecule has 0 aliphatic rings. The maximum atomic E-state index is 13.5. The van der Waals surface area contributed by atoms with E-state index < -0.39 is 6.04 Å². The second kappa shape index (κ2) is 4.39. The number of para-hydroxylation sites is 1. The largest absolute Gasteiger partial charge is 0.456 e. The lowest BCUT2D eigenvalue weighted by atomic mass is 10.2. The highest BCUT2D eigenvalue weighted by atomic mass is 35.5. The molecule has 3 aromatic rings. The predicted octanol–water partition coefficient (Wildman–Crippen LogP) is 4.33. The van der Waals surface area contributed by atoms with Crippen molar-refractivity contribution in [3.05, 3.63) is 57.2 Å². The van der Waals surface area contributed by atoms with Gasteiger partial charge in [0.15, 0.2) is 11.4 Å². The summed E-state index contributed by atoms with van der Waals surface area (Å²) in [4.78, 5) is 0.816. The Morgan fingerprint density at radius 3 is 2.83 bits per heavy atom. The molecule has 2 heterocycles. The molecule has 5 heteroatoms. The van der Waals surface area contributed by atoms with Gasteiger partial charge < -0.3 is 10.2 Å². The molecule has 0 radical (unpaired) electrons. The minimum absolute atomic E-state index is 0.232. The Labute approximate surface area is 112 Å². The molecule has 0 aliphatic carbocycles. The summed E-state index contributed by atoms with van der Waals surface area (Å²) in [7, 11) is 0. The van der Waals surface area contributed by atoms with Gasteiger partial charge in [-0.2, -0.15) is 0 Å². The zero-order valence-electron chi connectivity index (χ0n) is 9.19. The first-order chi connectivity index (χ1) is 8.66. The maximum absolute atomic E-state index is 13.5. The van der Waals surface area contributed by atoms with Gasteiger partial charge in [-0.05, 0) is 23.6 Å². The first-order valence-electron chi connectivity index (χ1n) is 5.33. The van der Waals surface area contributed by atoms with Gasteiger partial charge in [0.1, 0.15) is 5.76 Å². The highest BCUT2D eigenvalue weighted by Gasteiger charge is 2.19. The Hall–Kier alpha value is -1.36. The summed E-state index contributed by atoms with van der Waals surface area (Å²) >= 11 is 7.49. The van der Waals surface area contributed by atoms with Crippen molar-refractivity contribution in [2.24, 2.45) is 5.73 Å². The summed E-state index contributed by atoms with van der Waals surface area (Å²) in [5.74, 6) is 0.127. The van der Waals surface area contributed by atoms with Crippen LogP contribution in [0.25, 0.3) is 11.0 Å². The van der Waals surface area contributed by atoms with E-state index in [0.717, 1.165) is 4.88 Å². The number of fused-ring (bicyclic) bond motifs is 1. The van der Waals surface area contributed by atoms with Crippen LogP contribution in [0.15, 0.2) is 40.1 Å². The molecule has 0 aliphatic heterocycles. The van der Waals surface area contributed by atoms with Crippen LogP contribution in [0, 0.1) is 5.82 Å². The SMILES string of the molecule is NC(c1cc2cccc(F)c2o1)c1sccc1Cl. The van der Waals surface area contributed by atoms with Crippen molar-refractivity contribution in [2.75, 3.05) is 0 Å². The van der Waals surface area contributed by atoms with Gasteiger partial charge in [0.25, 0.3) is 0 Å². The van der Waals surface area contributed by atoms with Crippen molar-refractivity contribution in [3.63, 3.8) is 0 Å². The van der Waals surface area contributed by atoms with E-state index >= 15 is 0 Å². The smallest absolute Gasteiger partial charge is 0.169 e. The molecule has 2 N–H and O–H groups in total. The average Bonchev–Trinajstić information content (AvgIpc) is 2.95. The molecule has 3 rings (SSSR count). The summed E-state index contributed by atoms with van der Waals surface area (Å²) in [5, 5.41) is 3.17. The van der Waals surface area contributed by atoms with E-state index in [1.54, 1.807) is 24.3 Å². The van der Waals surface area contributed by atoms with Crippen molar-refractivity contribution < 1.29 is 8.81 Å². The van der Waals surface area contributed by atoms with Gasteiger partial charge in [-0.25, -0.2) is 4.39 Å². The monoisotopic (exact) mass is 281 g/mol. The summed E-state index contributed by atoms with van der Waals surface area (Å²) in [6.45, 7) is 0. The fourth-order valence-corrected chi connectivity index (χ4v) is 3.04. The predicted molar refractivity (Wildman–Crippen MR) is 71.5 cm³/mol. The van der Waals surface area contributed by atoms with Crippen LogP contribution >= 0.6 is 22.9 Å². The second-order valence-electron chi connectivity index (χ2n) is 3.92. The van der Waals surface area contributed by atoms with Gasteiger partial charge in [-0.3, -0.25) is 0 Å². The molecule has 18 heavy (non-hydrogen) atoms. The number of furan rings is 1. The molecule has 1 unspecified atom stereocenters. The van der Waals surface area contributed by atoms with Gasteiger partial charge in [-0.1, -0.05) is 23.7 Å². The van der Waals surface area contributed by atoms with Crippen LogP contribution in [-0.2, 0) is 0 Å². The van der Waals surface area contributed by atoms with E-state index in [4.69, 9.17) is 21.8 Å². The molecule has 0 amide bonds. The van der Waals surface area contributed by atoms with Gasteiger partial charge in [0, 0.05) is 10.3 Å². The maximum Gasteiger partial charge on any atom is 0.169 e. The van der Waals surface area contributed by atoms with Crippen LogP contribution < -0.4 is 5.73 Å². The number of hydrogen-bond donors (Lipinski definition) is 1. The van der Waals surface area contributed by atoms with E-state index in [2.05, 4.69) is 0 Å². The third-order valence-electron chi connectivity index (χ3n) is 2.75. The molecular formula is C13H9ClFNOS. The average molecular weight is 282 g/mol. The minimum Gasteiger partial charge on any atom is -0.456 e. The molecular weight excluding hydrogens is 273 g/mol. The van der Waals surface area contributed by atoms with E-state index in [-0.39, 0.29) is 11.4 Å². The first kappa shape index (κ1) is 11.7. The summed E-state index contributed by atoms with van der Waals surface area (Å²) < 4.78 is 19.0. The Morgan fingerprint density at radius 2 is 2.17 bits per heavy atom. The molecule has 2 aromatic heterocycles. The van der Waals surface area contributed by atoms with Crippen LogP contribution in [0.5, 0.6) is 0 Å². The number of rotatable bonds is 2. The van der Waals surface area contributed by atoms with Crippen LogP contribution in [0.1, 0.15) is 16.7 Å². The van der Waals surface area contributed by atoms with Crippen molar-refractivity contribution in [1.82, 2.24) is 0 Å². The van der Waals surface area contributed by atoms with Gasteiger partial charge in [0.05, 0.1) is 11.1 Å².